The molecule has 2 fully saturated rings. The maximum absolute atomic E-state index is 13.7. The largest absolute Gasteiger partial charge is 0.449 e. The van der Waals surface area contributed by atoms with Gasteiger partial charge < -0.3 is 30.7 Å². The number of non-ortho nitro benzene ring substituents is 1. The molecule has 0 saturated carbocycles. The summed E-state index contributed by atoms with van der Waals surface area (Å²) in [5.41, 5.74) is 5.38. The number of ketones is 2. The van der Waals surface area contributed by atoms with Crippen molar-refractivity contribution in [1.29, 1.82) is 0 Å². The van der Waals surface area contributed by atoms with E-state index >= 15 is 0 Å². The molecule has 0 spiro atoms. The Balaban J connectivity index is 1.28. The van der Waals surface area contributed by atoms with Gasteiger partial charge in [-0.25, -0.2) is 4.79 Å². The van der Waals surface area contributed by atoms with Crippen LogP contribution in [-0.4, -0.2) is 77.9 Å². The van der Waals surface area contributed by atoms with Crippen LogP contribution in [0.5, 0.6) is 0 Å². The lowest BCUT2D eigenvalue weighted by Gasteiger charge is -2.39. The quantitative estimate of drug-likeness (QED) is 0.0958. The standard InChI is InChI=1S/C23H25N5O7S2/c1-11-17(25-7-8-36-37-13-5-3-12(4-6-13)28(32)33)20(30)16-14(10-35-22(24)31)23(34-2)21-15(26-21)9-27(23)18(16)19(11)29/h3-6,14-15,21,25-26H,7-10H2,1-2H3,(H2,24,31). The van der Waals surface area contributed by atoms with Gasteiger partial charge in [-0.1, -0.05) is 21.6 Å². The minimum atomic E-state index is -1.01. The number of piperazine rings is 1. The third-order valence-corrected chi connectivity index (χ3v) is 9.50. The lowest BCUT2D eigenvalue weighted by molar-refractivity contribution is -0.384. The number of ether oxygens (including phenoxy) is 2. The number of nitro groups is 1. The van der Waals surface area contributed by atoms with Crippen molar-refractivity contribution in [2.45, 2.75) is 29.6 Å². The van der Waals surface area contributed by atoms with Crippen LogP contribution in [0, 0.1) is 16.0 Å². The molecule has 196 valence electrons. The summed E-state index contributed by atoms with van der Waals surface area (Å²) < 4.78 is 11.1. The first-order valence-electron chi connectivity index (χ1n) is 11.5. The van der Waals surface area contributed by atoms with E-state index in [1.807, 2.05) is 4.90 Å². The number of nitrogens with two attached hydrogens (primary N) is 1. The van der Waals surface area contributed by atoms with Crippen molar-refractivity contribution in [2.24, 2.45) is 11.7 Å². The number of nitrogens with zero attached hydrogens (tertiary/aromatic N) is 2. The van der Waals surface area contributed by atoms with Crippen molar-refractivity contribution in [3.05, 3.63) is 56.9 Å². The zero-order valence-electron chi connectivity index (χ0n) is 20.0. The maximum atomic E-state index is 13.7. The fourth-order valence-electron chi connectivity index (χ4n) is 5.45. The number of nitrogens with one attached hydrogen (secondary N) is 2. The van der Waals surface area contributed by atoms with Gasteiger partial charge in [0, 0.05) is 60.2 Å². The van der Waals surface area contributed by atoms with E-state index in [4.69, 9.17) is 15.2 Å². The van der Waals surface area contributed by atoms with E-state index < -0.39 is 22.7 Å². The Hall–Kier alpha value is -3.07. The van der Waals surface area contributed by atoms with Crippen molar-refractivity contribution < 1.29 is 28.8 Å². The molecule has 4 atom stereocenters. The first-order valence-corrected chi connectivity index (χ1v) is 13.9. The lowest BCUT2D eigenvalue weighted by atomic mass is 9.82. The summed E-state index contributed by atoms with van der Waals surface area (Å²) in [6, 6.07) is 6.28. The molecular formula is C23H25N5O7S2. The first-order chi connectivity index (χ1) is 17.7. The second-order valence-electron chi connectivity index (χ2n) is 9.00. The molecule has 1 aliphatic carbocycles. The smallest absolute Gasteiger partial charge is 0.404 e. The van der Waals surface area contributed by atoms with Crippen LogP contribution < -0.4 is 16.4 Å². The lowest BCUT2D eigenvalue weighted by Crippen LogP contribution is -2.55. The van der Waals surface area contributed by atoms with E-state index in [2.05, 4.69) is 10.6 Å². The normalized spacial score (nSPS) is 27.7. The first kappa shape index (κ1) is 25.6. The van der Waals surface area contributed by atoms with Crippen molar-refractivity contribution in [2.75, 3.05) is 32.6 Å². The fraction of sp³-hybridized carbons (Fsp3) is 0.435. The zero-order valence-corrected chi connectivity index (χ0v) is 21.6. The summed E-state index contributed by atoms with van der Waals surface area (Å²) >= 11 is 0. The summed E-state index contributed by atoms with van der Waals surface area (Å²) in [4.78, 5) is 51.7. The molecule has 3 aliphatic heterocycles. The van der Waals surface area contributed by atoms with Gasteiger partial charge in [-0.05, 0) is 19.1 Å². The second kappa shape index (κ2) is 9.67. The molecule has 0 aromatic heterocycles. The van der Waals surface area contributed by atoms with Crippen LogP contribution in [0.15, 0.2) is 51.7 Å². The summed E-state index contributed by atoms with van der Waals surface area (Å²) in [5.74, 6) is -0.657. The molecule has 3 heterocycles. The Morgan fingerprint density at radius 3 is 2.70 bits per heavy atom. The number of primary amides is 1. The molecule has 37 heavy (non-hydrogen) atoms. The second-order valence-corrected chi connectivity index (χ2v) is 11.5. The molecule has 4 unspecified atom stereocenters. The predicted octanol–water partition coefficient (Wildman–Crippen LogP) is 1.33. The monoisotopic (exact) mass is 547 g/mol. The highest BCUT2D eigenvalue weighted by atomic mass is 33.1. The summed E-state index contributed by atoms with van der Waals surface area (Å²) in [7, 11) is 4.50. The average Bonchev–Trinajstić information content (AvgIpc) is 3.49. The van der Waals surface area contributed by atoms with Crippen molar-refractivity contribution >= 4 is 44.9 Å². The van der Waals surface area contributed by atoms with Crippen LogP contribution in [-0.2, 0) is 19.1 Å². The van der Waals surface area contributed by atoms with E-state index in [0.717, 1.165) is 4.90 Å². The van der Waals surface area contributed by atoms with Crippen molar-refractivity contribution in [3.63, 3.8) is 0 Å². The number of fused-ring (bicyclic) bond motifs is 4. The SMILES string of the molecule is COC12C(COC(N)=O)C3=C(C(=O)C(C)=C(NCCSSc4ccc([N+](=O)[O-])cc4)C3=O)N1CC1NC12. The Bertz CT molecular complexity index is 1250. The van der Waals surface area contributed by atoms with E-state index in [9.17, 15) is 24.5 Å². The predicted molar refractivity (Wildman–Crippen MR) is 135 cm³/mol. The number of rotatable bonds is 10. The minimum Gasteiger partial charge on any atom is -0.449 e. The third kappa shape index (κ3) is 4.17. The number of methoxy groups -OCH3 is 1. The number of carbonyl (C=O) groups excluding carboxylic acids is 3. The Labute approximate surface area is 219 Å². The average molecular weight is 548 g/mol. The molecule has 5 rings (SSSR count). The highest BCUT2D eigenvalue weighted by Crippen LogP contribution is 2.55. The highest BCUT2D eigenvalue weighted by Gasteiger charge is 2.72. The van der Waals surface area contributed by atoms with Gasteiger partial charge in [-0.3, -0.25) is 19.7 Å². The van der Waals surface area contributed by atoms with Crippen LogP contribution >= 0.6 is 21.6 Å². The number of amides is 1. The number of hydrogen-bond donors (Lipinski definition) is 3. The molecule has 1 aromatic carbocycles. The Morgan fingerprint density at radius 1 is 1.32 bits per heavy atom. The fourth-order valence-corrected chi connectivity index (χ4v) is 7.35. The van der Waals surface area contributed by atoms with Gasteiger partial charge in [0.15, 0.2) is 5.72 Å². The molecule has 2 saturated heterocycles. The zero-order chi connectivity index (χ0) is 26.5. The molecule has 0 bridgehead atoms. The maximum Gasteiger partial charge on any atom is 0.404 e. The van der Waals surface area contributed by atoms with Gasteiger partial charge in [0.1, 0.15) is 6.61 Å². The molecule has 4 N–H and O–H groups in total. The molecule has 1 aromatic rings. The van der Waals surface area contributed by atoms with Crippen molar-refractivity contribution in [3.8, 4) is 0 Å². The minimum absolute atomic E-state index is 0.0303. The van der Waals surface area contributed by atoms with Crippen LogP contribution in [0.2, 0.25) is 0 Å². The van der Waals surface area contributed by atoms with E-state index in [-0.39, 0.29) is 47.2 Å². The molecule has 12 nitrogen and oxygen atoms in total. The number of hydrogen-bond acceptors (Lipinski definition) is 12. The van der Waals surface area contributed by atoms with Crippen LogP contribution in [0.25, 0.3) is 0 Å². The number of benzene rings is 1. The summed E-state index contributed by atoms with van der Waals surface area (Å²) in [5, 5.41) is 17.2. The topological polar surface area (TPSA) is 176 Å². The van der Waals surface area contributed by atoms with Gasteiger partial charge in [0.2, 0.25) is 11.6 Å². The molecule has 1 amide bonds. The van der Waals surface area contributed by atoms with Gasteiger partial charge in [0.25, 0.3) is 5.69 Å². The molecule has 14 heteroatoms. The number of nitro benzene ring substituents is 1. The number of carbonyl (C=O) groups is 3. The molecule has 4 aliphatic rings. The Morgan fingerprint density at radius 2 is 2.05 bits per heavy atom. The summed E-state index contributed by atoms with van der Waals surface area (Å²) in [6.07, 6.45) is -0.965. The number of Topliss-reactive ketones (excluding diaryl/α,β-unsaturated/α-hetero) is 2. The summed E-state index contributed by atoms with van der Waals surface area (Å²) in [6.45, 7) is 2.36. The van der Waals surface area contributed by atoms with E-state index in [1.54, 1.807) is 19.1 Å². The van der Waals surface area contributed by atoms with E-state index in [0.29, 0.717) is 30.1 Å². The van der Waals surface area contributed by atoms with Gasteiger partial charge in [0.05, 0.1) is 28.3 Å². The van der Waals surface area contributed by atoms with E-state index in [1.165, 1.54) is 40.8 Å². The molecular weight excluding hydrogens is 522 g/mol. The van der Waals surface area contributed by atoms with Crippen molar-refractivity contribution in [1.82, 2.24) is 15.5 Å². The Kier molecular flexibility index (Phi) is 6.68. The third-order valence-electron chi connectivity index (χ3n) is 7.12. The van der Waals surface area contributed by atoms with Crippen LogP contribution in [0.1, 0.15) is 6.92 Å². The molecule has 0 radical (unpaired) electrons. The van der Waals surface area contributed by atoms with Gasteiger partial charge in [-0.15, -0.1) is 0 Å². The van der Waals surface area contributed by atoms with Crippen LogP contribution in [0.3, 0.4) is 0 Å². The van der Waals surface area contributed by atoms with Gasteiger partial charge in [-0.2, -0.15) is 0 Å². The van der Waals surface area contributed by atoms with Gasteiger partial charge >= 0.3 is 6.09 Å². The highest BCUT2D eigenvalue weighted by molar-refractivity contribution is 8.76. The number of allylic oxidation sites excluding steroid dienone is 2. The van der Waals surface area contributed by atoms with Crippen LogP contribution in [0.4, 0.5) is 10.5 Å².